The molecule has 45 heavy (non-hydrogen) atoms. The van der Waals surface area contributed by atoms with E-state index in [1.165, 1.54) is 4.90 Å². The van der Waals surface area contributed by atoms with Crippen LogP contribution in [0.1, 0.15) is 43.0 Å². The highest BCUT2D eigenvalue weighted by atomic mass is 79.9. The van der Waals surface area contributed by atoms with Crippen LogP contribution in [0.5, 0.6) is 0 Å². The van der Waals surface area contributed by atoms with Crippen molar-refractivity contribution >= 4 is 43.5 Å². The summed E-state index contributed by atoms with van der Waals surface area (Å²) >= 11 is 3.45. The van der Waals surface area contributed by atoms with E-state index in [1.54, 1.807) is 48.5 Å². The van der Waals surface area contributed by atoms with Gasteiger partial charge < -0.3 is 10.2 Å². The van der Waals surface area contributed by atoms with Gasteiger partial charge in [0.05, 0.1) is 10.6 Å². The third-order valence-corrected chi connectivity index (χ3v) is 9.51. The maximum atomic E-state index is 14.5. The Balaban J connectivity index is 1.81. The molecule has 4 aromatic carbocycles. The minimum absolute atomic E-state index is 0.0669. The Hall–Kier alpha value is -3.95. The fourth-order valence-electron chi connectivity index (χ4n) is 4.89. The van der Waals surface area contributed by atoms with E-state index >= 15 is 0 Å². The van der Waals surface area contributed by atoms with Crippen molar-refractivity contribution in [3.8, 4) is 0 Å². The molecule has 0 radical (unpaired) electrons. The molecular formula is C36H40BrN3O4S. The Morgan fingerprint density at radius 2 is 1.40 bits per heavy atom. The number of sulfonamides is 1. The van der Waals surface area contributed by atoms with Gasteiger partial charge in [-0.2, -0.15) is 0 Å². The molecule has 0 heterocycles. The maximum absolute atomic E-state index is 14.5. The van der Waals surface area contributed by atoms with Crippen molar-refractivity contribution < 1.29 is 18.0 Å². The normalized spacial score (nSPS) is 12.3. The van der Waals surface area contributed by atoms with Gasteiger partial charge in [0, 0.05) is 23.0 Å². The first-order chi connectivity index (χ1) is 21.2. The number of halogens is 1. The number of hydrogen-bond acceptors (Lipinski definition) is 4. The number of amides is 2. The molecule has 0 aliphatic heterocycles. The number of aryl methyl sites for hydroxylation is 2. The standard InChI is InChI=1S/C36H40BrN3O4S/c1-26-14-18-29(19-15-26)24-39(33(35(42)38-36(3,4)5)22-28-10-7-6-8-11-28)34(41)25-40(31-13-9-12-30(37)23-31)45(43,44)32-20-16-27(2)17-21-32/h6-21,23,33H,22,24-25H2,1-5H3,(H,38,42)/t33-/m1/s1. The fourth-order valence-corrected chi connectivity index (χ4v) is 6.69. The molecule has 0 unspecified atom stereocenters. The van der Waals surface area contributed by atoms with Gasteiger partial charge in [0.15, 0.2) is 0 Å². The molecule has 7 nitrogen and oxygen atoms in total. The van der Waals surface area contributed by atoms with Gasteiger partial charge in [-0.1, -0.05) is 99.9 Å². The quantitative estimate of drug-likeness (QED) is 0.187. The number of rotatable bonds is 11. The molecule has 4 rings (SSSR count). The summed E-state index contributed by atoms with van der Waals surface area (Å²) in [5.74, 6) is -0.821. The molecule has 236 valence electrons. The van der Waals surface area contributed by atoms with Crippen LogP contribution >= 0.6 is 15.9 Å². The summed E-state index contributed by atoms with van der Waals surface area (Å²) in [5.41, 5.74) is 3.45. The first-order valence-corrected chi connectivity index (χ1v) is 17.0. The Labute approximate surface area is 275 Å². The average Bonchev–Trinajstić information content (AvgIpc) is 2.98. The smallest absolute Gasteiger partial charge is 0.264 e. The van der Waals surface area contributed by atoms with Crippen LogP contribution in [-0.4, -0.2) is 43.3 Å². The van der Waals surface area contributed by atoms with E-state index in [4.69, 9.17) is 0 Å². The zero-order valence-corrected chi connectivity index (χ0v) is 28.7. The van der Waals surface area contributed by atoms with Crippen molar-refractivity contribution in [3.05, 3.63) is 130 Å². The minimum Gasteiger partial charge on any atom is -0.350 e. The highest BCUT2D eigenvalue weighted by Gasteiger charge is 2.35. The molecule has 4 aromatic rings. The molecule has 0 saturated heterocycles. The van der Waals surface area contributed by atoms with Crippen LogP contribution in [0.15, 0.2) is 112 Å². The Kier molecular flexibility index (Phi) is 10.9. The molecule has 2 amide bonds. The second-order valence-electron chi connectivity index (χ2n) is 12.3. The largest absolute Gasteiger partial charge is 0.350 e. The lowest BCUT2D eigenvalue weighted by molar-refractivity contribution is -0.140. The number of carbonyl (C=O) groups is 2. The molecule has 1 atom stereocenters. The number of nitrogens with one attached hydrogen (secondary N) is 1. The number of benzene rings is 4. The predicted octanol–water partition coefficient (Wildman–Crippen LogP) is 6.82. The van der Waals surface area contributed by atoms with Crippen molar-refractivity contribution in [2.45, 2.75) is 64.1 Å². The van der Waals surface area contributed by atoms with Gasteiger partial charge in [0.2, 0.25) is 11.8 Å². The van der Waals surface area contributed by atoms with Crippen LogP contribution in [-0.2, 0) is 32.6 Å². The molecule has 0 bridgehead atoms. The van der Waals surface area contributed by atoms with E-state index in [1.807, 2.05) is 89.2 Å². The van der Waals surface area contributed by atoms with E-state index in [-0.39, 0.29) is 23.8 Å². The summed E-state index contributed by atoms with van der Waals surface area (Å²) in [6.07, 6.45) is 0.252. The zero-order valence-electron chi connectivity index (χ0n) is 26.3. The van der Waals surface area contributed by atoms with E-state index < -0.39 is 34.1 Å². The lowest BCUT2D eigenvalue weighted by atomic mass is 10.0. The van der Waals surface area contributed by atoms with Gasteiger partial charge in [-0.3, -0.25) is 13.9 Å². The molecule has 0 aliphatic carbocycles. The van der Waals surface area contributed by atoms with Crippen LogP contribution in [0, 0.1) is 13.8 Å². The summed E-state index contributed by atoms with van der Waals surface area (Å²) in [6.45, 7) is 9.13. The van der Waals surface area contributed by atoms with Gasteiger partial charge in [-0.15, -0.1) is 0 Å². The summed E-state index contributed by atoms with van der Waals surface area (Å²) < 4.78 is 30.1. The topological polar surface area (TPSA) is 86.8 Å². The number of hydrogen-bond donors (Lipinski definition) is 1. The Morgan fingerprint density at radius 3 is 1.98 bits per heavy atom. The second-order valence-corrected chi connectivity index (χ2v) is 15.0. The van der Waals surface area contributed by atoms with E-state index in [2.05, 4.69) is 21.2 Å². The number of anilines is 1. The fraction of sp³-hybridized carbons (Fsp3) is 0.278. The highest BCUT2D eigenvalue weighted by molar-refractivity contribution is 9.10. The average molecular weight is 691 g/mol. The van der Waals surface area contributed by atoms with Gasteiger partial charge in [-0.25, -0.2) is 8.42 Å². The summed E-state index contributed by atoms with van der Waals surface area (Å²) in [6, 6.07) is 29.7. The van der Waals surface area contributed by atoms with Crippen LogP contribution in [0.2, 0.25) is 0 Å². The van der Waals surface area contributed by atoms with E-state index in [9.17, 15) is 18.0 Å². The number of nitrogens with zero attached hydrogens (tertiary/aromatic N) is 2. The van der Waals surface area contributed by atoms with Gasteiger partial charge in [-0.05, 0) is 76.1 Å². The van der Waals surface area contributed by atoms with E-state index in [0.29, 0.717) is 10.2 Å². The van der Waals surface area contributed by atoms with Crippen LogP contribution in [0.25, 0.3) is 0 Å². The summed E-state index contributed by atoms with van der Waals surface area (Å²) in [4.78, 5) is 30.1. The predicted molar refractivity (Wildman–Crippen MR) is 183 cm³/mol. The molecule has 0 fully saturated rings. The van der Waals surface area contributed by atoms with Gasteiger partial charge >= 0.3 is 0 Å². The summed E-state index contributed by atoms with van der Waals surface area (Å²) in [5, 5.41) is 3.05. The second kappa shape index (κ2) is 14.4. The summed E-state index contributed by atoms with van der Waals surface area (Å²) in [7, 11) is -4.16. The Morgan fingerprint density at radius 1 is 0.800 bits per heavy atom. The maximum Gasteiger partial charge on any atom is 0.264 e. The third-order valence-electron chi connectivity index (χ3n) is 7.23. The zero-order chi connectivity index (χ0) is 32.8. The first kappa shape index (κ1) is 33.9. The molecule has 0 aromatic heterocycles. The van der Waals surface area contributed by atoms with Crippen molar-refractivity contribution in [2.75, 3.05) is 10.8 Å². The SMILES string of the molecule is Cc1ccc(CN(C(=O)CN(c2cccc(Br)c2)S(=O)(=O)c2ccc(C)cc2)[C@H](Cc2ccccc2)C(=O)NC(C)(C)C)cc1. The highest BCUT2D eigenvalue weighted by Crippen LogP contribution is 2.27. The van der Waals surface area contributed by atoms with E-state index in [0.717, 1.165) is 26.6 Å². The van der Waals surface area contributed by atoms with Crippen molar-refractivity contribution in [1.29, 1.82) is 0 Å². The monoisotopic (exact) mass is 689 g/mol. The van der Waals surface area contributed by atoms with Crippen LogP contribution < -0.4 is 9.62 Å². The van der Waals surface area contributed by atoms with Crippen molar-refractivity contribution in [3.63, 3.8) is 0 Å². The van der Waals surface area contributed by atoms with Crippen LogP contribution in [0.4, 0.5) is 5.69 Å². The Bertz CT molecular complexity index is 1720. The lowest BCUT2D eigenvalue weighted by Gasteiger charge is -2.35. The number of carbonyl (C=O) groups excluding carboxylic acids is 2. The van der Waals surface area contributed by atoms with Gasteiger partial charge in [0.25, 0.3) is 10.0 Å². The minimum atomic E-state index is -4.16. The molecule has 9 heteroatoms. The van der Waals surface area contributed by atoms with Crippen molar-refractivity contribution in [1.82, 2.24) is 10.2 Å². The van der Waals surface area contributed by atoms with Crippen LogP contribution in [0.3, 0.4) is 0 Å². The van der Waals surface area contributed by atoms with Crippen molar-refractivity contribution in [2.24, 2.45) is 0 Å². The lowest BCUT2D eigenvalue weighted by Crippen LogP contribution is -2.56. The molecule has 0 spiro atoms. The first-order valence-electron chi connectivity index (χ1n) is 14.8. The molecule has 0 saturated carbocycles. The molecule has 1 N–H and O–H groups in total. The third kappa shape index (κ3) is 9.28. The molecule has 0 aliphatic rings. The van der Waals surface area contributed by atoms with Gasteiger partial charge in [0.1, 0.15) is 12.6 Å². The molecular weight excluding hydrogens is 650 g/mol.